The molecular formula is C20H26N2O3. The van der Waals surface area contributed by atoms with Gasteiger partial charge in [-0.25, -0.2) is 4.79 Å². The van der Waals surface area contributed by atoms with Gasteiger partial charge in [0.1, 0.15) is 11.4 Å². The third-order valence-corrected chi connectivity index (χ3v) is 3.32. The minimum Gasteiger partial charge on any atom is -0.489 e. The predicted molar refractivity (Wildman–Crippen MR) is 100 cm³/mol. The summed E-state index contributed by atoms with van der Waals surface area (Å²) >= 11 is 0. The lowest BCUT2D eigenvalue weighted by molar-refractivity contribution is 0.0635. The number of anilines is 1. The van der Waals surface area contributed by atoms with Crippen molar-refractivity contribution in [2.75, 3.05) is 5.32 Å². The fraction of sp³-hybridized carbons (Fsp3) is 0.400. The maximum absolute atomic E-state index is 12.1. The van der Waals surface area contributed by atoms with Crippen molar-refractivity contribution in [3.8, 4) is 16.9 Å². The molecule has 5 heteroatoms. The van der Waals surface area contributed by atoms with Crippen LogP contribution in [0.1, 0.15) is 40.2 Å². The number of aromatic nitrogens is 1. The number of aryl methyl sites for hydroxylation is 1. The largest absolute Gasteiger partial charge is 0.489 e. The Hall–Kier alpha value is -2.56. The Labute approximate surface area is 149 Å². The number of nitrogens with one attached hydrogen (secondary N) is 1. The number of benzene rings is 1. The highest BCUT2D eigenvalue weighted by molar-refractivity contribution is 5.88. The van der Waals surface area contributed by atoms with Crippen LogP contribution in [0.25, 0.3) is 11.1 Å². The molecule has 25 heavy (non-hydrogen) atoms. The molecule has 134 valence electrons. The number of pyridine rings is 1. The minimum absolute atomic E-state index is 0.0211. The summed E-state index contributed by atoms with van der Waals surface area (Å²) in [4.78, 5) is 16.2. The van der Waals surface area contributed by atoms with Crippen LogP contribution >= 0.6 is 0 Å². The van der Waals surface area contributed by atoms with Gasteiger partial charge < -0.3 is 9.47 Å². The van der Waals surface area contributed by atoms with Gasteiger partial charge in [0.15, 0.2) is 0 Å². The highest BCUT2D eigenvalue weighted by Gasteiger charge is 2.19. The fourth-order valence-corrected chi connectivity index (χ4v) is 2.39. The summed E-state index contributed by atoms with van der Waals surface area (Å²) in [5.41, 5.74) is 3.14. The number of ether oxygens (including phenoxy) is 2. The molecule has 0 radical (unpaired) electrons. The van der Waals surface area contributed by atoms with E-state index in [1.165, 1.54) is 0 Å². The zero-order chi connectivity index (χ0) is 18.6. The number of hydrogen-bond acceptors (Lipinski definition) is 4. The normalized spacial score (nSPS) is 11.3. The van der Waals surface area contributed by atoms with Crippen molar-refractivity contribution in [3.63, 3.8) is 0 Å². The maximum Gasteiger partial charge on any atom is 0.412 e. The van der Waals surface area contributed by atoms with Crippen molar-refractivity contribution in [3.05, 3.63) is 42.2 Å². The van der Waals surface area contributed by atoms with Crippen molar-refractivity contribution >= 4 is 11.8 Å². The van der Waals surface area contributed by atoms with Crippen molar-refractivity contribution < 1.29 is 14.3 Å². The third kappa shape index (κ3) is 5.48. The van der Waals surface area contributed by atoms with Crippen LogP contribution in [0.5, 0.6) is 5.75 Å². The van der Waals surface area contributed by atoms with Crippen LogP contribution in [0, 0.1) is 6.92 Å². The Morgan fingerprint density at radius 3 is 2.36 bits per heavy atom. The van der Waals surface area contributed by atoms with E-state index in [4.69, 9.17) is 9.47 Å². The van der Waals surface area contributed by atoms with Gasteiger partial charge in [-0.2, -0.15) is 0 Å². The molecule has 0 unspecified atom stereocenters. The van der Waals surface area contributed by atoms with Crippen molar-refractivity contribution in [1.29, 1.82) is 0 Å². The van der Waals surface area contributed by atoms with Crippen molar-refractivity contribution in [1.82, 2.24) is 4.98 Å². The van der Waals surface area contributed by atoms with Gasteiger partial charge in [0.05, 0.1) is 11.8 Å². The number of hydrogen-bond donors (Lipinski definition) is 1. The molecule has 2 rings (SSSR count). The van der Waals surface area contributed by atoms with Crippen LogP contribution < -0.4 is 10.1 Å². The molecule has 0 saturated heterocycles. The van der Waals surface area contributed by atoms with Gasteiger partial charge in [0.25, 0.3) is 0 Å². The van der Waals surface area contributed by atoms with Crippen LogP contribution in [0.3, 0.4) is 0 Å². The highest BCUT2D eigenvalue weighted by atomic mass is 16.6. The molecule has 0 spiro atoms. The molecule has 1 aromatic heterocycles. The van der Waals surface area contributed by atoms with Crippen LogP contribution in [0.4, 0.5) is 10.5 Å². The van der Waals surface area contributed by atoms with E-state index < -0.39 is 11.7 Å². The SMILES string of the molecule is Cc1cc(NC(=O)OC(C)(C)C)c(OC(C)C)cc1-c1ccncc1. The highest BCUT2D eigenvalue weighted by Crippen LogP contribution is 2.35. The zero-order valence-electron chi connectivity index (χ0n) is 15.7. The molecule has 2 aromatic rings. The Morgan fingerprint density at radius 2 is 1.80 bits per heavy atom. The second-order valence-corrected chi connectivity index (χ2v) is 7.19. The van der Waals surface area contributed by atoms with Crippen LogP contribution in [-0.4, -0.2) is 22.8 Å². The number of nitrogens with zero attached hydrogens (tertiary/aromatic N) is 1. The second-order valence-electron chi connectivity index (χ2n) is 7.19. The summed E-state index contributed by atoms with van der Waals surface area (Å²) < 4.78 is 11.3. The number of carbonyl (C=O) groups is 1. The topological polar surface area (TPSA) is 60.5 Å². The molecule has 1 N–H and O–H groups in total. The average Bonchev–Trinajstić information content (AvgIpc) is 2.48. The Kier molecular flexibility index (Phi) is 5.67. The smallest absolute Gasteiger partial charge is 0.412 e. The summed E-state index contributed by atoms with van der Waals surface area (Å²) in [6.45, 7) is 11.4. The van der Waals surface area contributed by atoms with Crippen molar-refractivity contribution in [2.45, 2.75) is 53.2 Å². The van der Waals surface area contributed by atoms with E-state index in [1.807, 2.05) is 65.8 Å². The molecule has 0 atom stereocenters. The van der Waals surface area contributed by atoms with E-state index in [2.05, 4.69) is 10.3 Å². The van der Waals surface area contributed by atoms with E-state index in [-0.39, 0.29) is 6.10 Å². The molecule has 0 aliphatic rings. The molecular weight excluding hydrogens is 316 g/mol. The van der Waals surface area contributed by atoms with Crippen LogP contribution in [0.2, 0.25) is 0 Å². The first-order valence-electron chi connectivity index (χ1n) is 8.37. The molecule has 5 nitrogen and oxygen atoms in total. The second kappa shape index (κ2) is 7.55. The molecule has 0 aliphatic heterocycles. The van der Waals surface area contributed by atoms with Gasteiger partial charge in [-0.05, 0) is 82.5 Å². The van der Waals surface area contributed by atoms with Gasteiger partial charge in [0.2, 0.25) is 0 Å². The zero-order valence-corrected chi connectivity index (χ0v) is 15.7. The van der Waals surface area contributed by atoms with E-state index in [0.717, 1.165) is 16.7 Å². The van der Waals surface area contributed by atoms with Crippen LogP contribution in [0.15, 0.2) is 36.7 Å². The van der Waals surface area contributed by atoms with Crippen molar-refractivity contribution in [2.24, 2.45) is 0 Å². The average molecular weight is 342 g/mol. The van der Waals surface area contributed by atoms with Gasteiger partial charge in [-0.1, -0.05) is 0 Å². The van der Waals surface area contributed by atoms with E-state index in [1.54, 1.807) is 12.4 Å². The summed E-state index contributed by atoms with van der Waals surface area (Å²) in [5, 5.41) is 2.79. The van der Waals surface area contributed by atoms with E-state index in [9.17, 15) is 4.79 Å². The van der Waals surface area contributed by atoms with Gasteiger partial charge in [0, 0.05) is 12.4 Å². The van der Waals surface area contributed by atoms with Gasteiger partial charge in [-0.3, -0.25) is 10.3 Å². The number of amides is 1. The molecule has 0 saturated carbocycles. The number of carbonyl (C=O) groups excluding carboxylic acids is 1. The lowest BCUT2D eigenvalue weighted by Gasteiger charge is -2.22. The molecule has 1 heterocycles. The lowest BCUT2D eigenvalue weighted by Crippen LogP contribution is -2.27. The molecule has 0 aliphatic carbocycles. The molecule has 0 bridgehead atoms. The molecule has 1 aromatic carbocycles. The summed E-state index contributed by atoms with van der Waals surface area (Å²) in [6.07, 6.45) is 2.99. The first-order valence-corrected chi connectivity index (χ1v) is 8.37. The summed E-state index contributed by atoms with van der Waals surface area (Å²) in [7, 11) is 0. The van der Waals surface area contributed by atoms with E-state index >= 15 is 0 Å². The van der Waals surface area contributed by atoms with E-state index in [0.29, 0.717) is 11.4 Å². The summed E-state index contributed by atoms with van der Waals surface area (Å²) in [6, 6.07) is 7.74. The molecule has 1 amide bonds. The lowest BCUT2D eigenvalue weighted by atomic mass is 10.0. The first-order chi connectivity index (χ1) is 11.7. The first kappa shape index (κ1) is 18.8. The summed E-state index contributed by atoms with van der Waals surface area (Å²) in [5.74, 6) is 0.610. The van der Waals surface area contributed by atoms with Gasteiger partial charge in [-0.15, -0.1) is 0 Å². The van der Waals surface area contributed by atoms with Crippen LogP contribution in [-0.2, 0) is 4.74 Å². The standard InChI is InChI=1S/C20H26N2O3/c1-13(2)24-18-12-16(15-7-9-21-10-8-15)14(3)11-17(18)22-19(23)25-20(4,5)6/h7-13H,1-6H3,(H,22,23). The quantitative estimate of drug-likeness (QED) is 0.830. The predicted octanol–water partition coefficient (Wildman–Crippen LogP) is 5.19. The maximum atomic E-state index is 12.1. The third-order valence-electron chi connectivity index (χ3n) is 3.32. The molecule has 0 fully saturated rings. The number of rotatable bonds is 4. The minimum atomic E-state index is -0.560. The van der Waals surface area contributed by atoms with Gasteiger partial charge >= 0.3 is 6.09 Å². The Morgan fingerprint density at radius 1 is 1.16 bits per heavy atom. The Bertz CT molecular complexity index is 735. The Balaban J connectivity index is 2.39. The monoisotopic (exact) mass is 342 g/mol. The fourth-order valence-electron chi connectivity index (χ4n) is 2.39.